The normalized spacial score (nSPS) is 10.1. The van der Waals surface area contributed by atoms with E-state index < -0.39 is 5.82 Å². The van der Waals surface area contributed by atoms with Gasteiger partial charge in [-0.1, -0.05) is 13.0 Å². The summed E-state index contributed by atoms with van der Waals surface area (Å²) in [5.74, 6) is -0.689. The van der Waals surface area contributed by atoms with Crippen LogP contribution in [0.25, 0.3) is 0 Å². The van der Waals surface area contributed by atoms with Gasteiger partial charge in [0.2, 0.25) is 0 Å². The zero-order valence-corrected chi connectivity index (χ0v) is 8.72. The lowest BCUT2D eigenvalue weighted by molar-refractivity contribution is 0.0952. The molecule has 0 radical (unpaired) electrons. The third-order valence-corrected chi connectivity index (χ3v) is 2.07. The van der Waals surface area contributed by atoms with E-state index in [1.165, 1.54) is 18.2 Å². The van der Waals surface area contributed by atoms with Crippen LogP contribution in [0.15, 0.2) is 18.2 Å². The lowest BCUT2D eigenvalue weighted by Gasteiger charge is -2.08. The summed E-state index contributed by atoms with van der Waals surface area (Å²) in [5.41, 5.74) is 6.45. The molecule has 0 atom stereocenters. The highest BCUT2D eigenvalue weighted by Crippen LogP contribution is 2.10. The number of nitrogens with two attached hydrogens (primary N) is 1. The fourth-order valence-electron chi connectivity index (χ4n) is 1.27. The first-order valence-electron chi connectivity index (χ1n) is 4.95. The summed E-state index contributed by atoms with van der Waals surface area (Å²) in [4.78, 5) is 11.6. The van der Waals surface area contributed by atoms with Crippen LogP contribution in [0.1, 0.15) is 29.3 Å². The van der Waals surface area contributed by atoms with Crippen molar-refractivity contribution in [1.82, 2.24) is 5.32 Å². The molecule has 1 aromatic rings. The van der Waals surface area contributed by atoms with Crippen molar-refractivity contribution in [3.8, 4) is 0 Å². The minimum atomic E-state index is -0.422. The quantitative estimate of drug-likeness (QED) is 0.789. The van der Waals surface area contributed by atoms with Crippen LogP contribution in [0.3, 0.4) is 0 Å². The largest absolute Gasteiger partial charge is 0.352 e. The van der Waals surface area contributed by atoms with E-state index >= 15 is 0 Å². The summed E-state index contributed by atoms with van der Waals surface area (Å²) in [6.45, 7) is 2.77. The third kappa shape index (κ3) is 3.02. The van der Waals surface area contributed by atoms with E-state index in [4.69, 9.17) is 5.73 Å². The molecule has 1 aromatic carbocycles. The highest BCUT2D eigenvalue weighted by Gasteiger charge is 2.10. The van der Waals surface area contributed by atoms with Gasteiger partial charge in [0.1, 0.15) is 5.82 Å². The SMILES string of the molecule is CCCNC(=O)c1cc(F)ccc1CN. The smallest absolute Gasteiger partial charge is 0.251 e. The fraction of sp³-hybridized carbons (Fsp3) is 0.364. The van der Waals surface area contributed by atoms with Crippen molar-refractivity contribution in [2.24, 2.45) is 5.73 Å². The van der Waals surface area contributed by atoms with E-state index in [1.807, 2.05) is 6.92 Å². The monoisotopic (exact) mass is 210 g/mol. The van der Waals surface area contributed by atoms with Gasteiger partial charge in [0.25, 0.3) is 5.91 Å². The van der Waals surface area contributed by atoms with Gasteiger partial charge >= 0.3 is 0 Å². The Kier molecular flexibility index (Phi) is 4.24. The number of hydrogen-bond donors (Lipinski definition) is 2. The van der Waals surface area contributed by atoms with Gasteiger partial charge in [0.05, 0.1) is 0 Å². The number of amides is 1. The highest BCUT2D eigenvalue weighted by molar-refractivity contribution is 5.95. The first kappa shape index (κ1) is 11.7. The molecule has 0 aliphatic rings. The standard InChI is InChI=1S/C11H15FN2O/c1-2-5-14-11(15)10-6-9(12)4-3-8(10)7-13/h3-4,6H,2,5,7,13H2,1H3,(H,14,15). The summed E-state index contributed by atoms with van der Waals surface area (Å²) in [7, 11) is 0. The number of rotatable bonds is 4. The number of benzene rings is 1. The van der Waals surface area contributed by atoms with Gasteiger partial charge in [-0.3, -0.25) is 4.79 Å². The summed E-state index contributed by atoms with van der Waals surface area (Å²) in [6, 6.07) is 4.06. The van der Waals surface area contributed by atoms with Gasteiger partial charge in [0.15, 0.2) is 0 Å². The van der Waals surface area contributed by atoms with Crippen LogP contribution in [-0.2, 0) is 6.54 Å². The minimum absolute atomic E-state index is 0.231. The Bertz CT molecular complexity index is 352. The number of hydrogen-bond acceptors (Lipinski definition) is 2. The fourth-order valence-corrected chi connectivity index (χ4v) is 1.27. The predicted molar refractivity (Wildman–Crippen MR) is 56.9 cm³/mol. The Hall–Kier alpha value is -1.42. The molecule has 82 valence electrons. The van der Waals surface area contributed by atoms with Crippen molar-refractivity contribution in [2.45, 2.75) is 19.9 Å². The summed E-state index contributed by atoms with van der Waals surface area (Å²) >= 11 is 0. The highest BCUT2D eigenvalue weighted by atomic mass is 19.1. The summed E-state index contributed by atoms with van der Waals surface area (Å²) in [5, 5.41) is 2.69. The van der Waals surface area contributed by atoms with E-state index in [-0.39, 0.29) is 12.5 Å². The van der Waals surface area contributed by atoms with Crippen molar-refractivity contribution in [3.05, 3.63) is 35.1 Å². The molecule has 1 rings (SSSR count). The van der Waals surface area contributed by atoms with E-state index in [9.17, 15) is 9.18 Å². The zero-order chi connectivity index (χ0) is 11.3. The van der Waals surface area contributed by atoms with Gasteiger partial charge in [-0.25, -0.2) is 4.39 Å². The van der Waals surface area contributed by atoms with Crippen LogP contribution in [0.5, 0.6) is 0 Å². The second kappa shape index (κ2) is 5.46. The second-order valence-corrected chi connectivity index (χ2v) is 3.26. The Balaban J connectivity index is 2.90. The Morgan fingerprint density at radius 1 is 1.53 bits per heavy atom. The predicted octanol–water partition coefficient (Wildman–Crippen LogP) is 1.42. The Morgan fingerprint density at radius 3 is 2.87 bits per heavy atom. The molecule has 0 fully saturated rings. The average molecular weight is 210 g/mol. The molecule has 3 N–H and O–H groups in total. The Labute approximate surface area is 88.5 Å². The molecule has 1 amide bonds. The average Bonchev–Trinajstić information content (AvgIpc) is 2.25. The van der Waals surface area contributed by atoms with Crippen LogP contribution < -0.4 is 11.1 Å². The number of nitrogens with one attached hydrogen (secondary N) is 1. The molecular weight excluding hydrogens is 195 g/mol. The third-order valence-electron chi connectivity index (χ3n) is 2.07. The van der Waals surface area contributed by atoms with Gasteiger partial charge in [-0.15, -0.1) is 0 Å². The maximum absolute atomic E-state index is 12.9. The molecular formula is C11H15FN2O. The number of carbonyl (C=O) groups excluding carboxylic acids is 1. The van der Waals surface area contributed by atoms with Gasteiger partial charge in [-0.2, -0.15) is 0 Å². The van der Waals surface area contributed by atoms with Crippen LogP contribution in [-0.4, -0.2) is 12.5 Å². The summed E-state index contributed by atoms with van der Waals surface area (Å²) in [6.07, 6.45) is 0.846. The molecule has 0 saturated heterocycles. The summed E-state index contributed by atoms with van der Waals surface area (Å²) < 4.78 is 12.9. The molecule has 0 heterocycles. The van der Waals surface area contributed by atoms with Crippen molar-refractivity contribution in [1.29, 1.82) is 0 Å². The van der Waals surface area contributed by atoms with Gasteiger partial charge in [-0.05, 0) is 24.1 Å². The number of halogens is 1. The van der Waals surface area contributed by atoms with E-state index in [0.717, 1.165) is 6.42 Å². The lowest BCUT2D eigenvalue weighted by Crippen LogP contribution is -2.25. The first-order valence-corrected chi connectivity index (χ1v) is 4.95. The molecule has 0 aliphatic heterocycles. The van der Waals surface area contributed by atoms with Crippen molar-refractivity contribution in [2.75, 3.05) is 6.54 Å². The van der Waals surface area contributed by atoms with Gasteiger partial charge in [0, 0.05) is 18.7 Å². The van der Waals surface area contributed by atoms with E-state index in [0.29, 0.717) is 17.7 Å². The first-order chi connectivity index (χ1) is 7.19. The minimum Gasteiger partial charge on any atom is -0.352 e. The molecule has 0 aromatic heterocycles. The molecule has 0 aliphatic carbocycles. The van der Waals surface area contributed by atoms with Crippen LogP contribution in [0.2, 0.25) is 0 Å². The topological polar surface area (TPSA) is 55.1 Å². The van der Waals surface area contributed by atoms with Crippen LogP contribution >= 0.6 is 0 Å². The molecule has 3 nitrogen and oxygen atoms in total. The van der Waals surface area contributed by atoms with E-state index in [1.54, 1.807) is 0 Å². The second-order valence-electron chi connectivity index (χ2n) is 3.26. The molecule has 0 spiro atoms. The lowest BCUT2D eigenvalue weighted by atomic mass is 10.1. The zero-order valence-electron chi connectivity index (χ0n) is 8.72. The van der Waals surface area contributed by atoms with Gasteiger partial charge < -0.3 is 11.1 Å². The van der Waals surface area contributed by atoms with Crippen LogP contribution in [0, 0.1) is 5.82 Å². The molecule has 0 unspecified atom stereocenters. The van der Waals surface area contributed by atoms with Crippen molar-refractivity contribution in [3.63, 3.8) is 0 Å². The van der Waals surface area contributed by atoms with Crippen molar-refractivity contribution >= 4 is 5.91 Å². The molecule has 0 saturated carbocycles. The molecule has 15 heavy (non-hydrogen) atoms. The Morgan fingerprint density at radius 2 is 2.27 bits per heavy atom. The molecule has 4 heteroatoms. The maximum Gasteiger partial charge on any atom is 0.251 e. The molecule has 0 bridgehead atoms. The van der Waals surface area contributed by atoms with Crippen molar-refractivity contribution < 1.29 is 9.18 Å². The maximum atomic E-state index is 12.9. The van der Waals surface area contributed by atoms with Crippen LogP contribution in [0.4, 0.5) is 4.39 Å². The van der Waals surface area contributed by atoms with E-state index in [2.05, 4.69) is 5.32 Å². The number of carbonyl (C=O) groups is 1.